The fourth-order valence-corrected chi connectivity index (χ4v) is 2.36. The van der Waals surface area contributed by atoms with Crippen molar-refractivity contribution in [1.29, 1.82) is 0 Å². The Morgan fingerprint density at radius 3 is 2.94 bits per heavy atom. The molecule has 0 aromatic carbocycles. The second-order valence-electron chi connectivity index (χ2n) is 3.68. The number of hydrogen-bond donors (Lipinski definition) is 1. The third-order valence-electron chi connectivity index (χ3n) is 2.23. The molecule has 1 aromatic rings. The van der Waals surface area contributed by atoms with E-state index in [0.29, 0.717) is 0 Å². The summed E-state index contributed by atoms with van der Waals surface area (Å²) in [4.78, 5) is 10.8. The third-order valence-corrected chi connectivity index (χ3v) is 3.66. The number of aromatic nitrogens is 1. The first-order valence-corrected chi connectivity index (χ1v) is 7.76. The molecule has 0 saturated carbocycles. The van der Waals surface area contributed by atoms with Crippen molar-refractivity contribution in [1.82, 2.24) is 15.2 Å². The first kappa shape index (κ1) is 14.3. The molecule has 0 saturated heterocycles. The smallest absolute Gasteiger partial charge is 0.193 e. The molecule has 0 amide bonds. The highest BCUT2D eigenvalue weighted by Crippen LogP contribution is 2.09. The molecular formula is C11H20N4S2. The molecule has 0 aliphatic rings. The summed E-state index contributed by atoms with van der Waals surface area (Å²) in [6.07, 6.45) is 2.10. The highest BCUT2D eigenvalue weighted by atomic mass is 32.2. The molecule has 96 valence electrons. The van der Waals surface area contributed by atoms with E-state index in [1.54, 1.807) is 11.3 Å². The van der Waals surface area contributed by atoms with Crippen molar-refractivity contribution < 1.29 is 0 Å². The van der Waals surface area contributed by atoms with Gasteiger partial charge in [-0.2, -0.15) is 11.8 Å². The van der Waals surface area contributed by atoms with E-state index < -0.39 is 0 Å². The Bertz CT molecular complexity index is 362. The van der Waals surface area contributed by atoms with Gasteiger partial charge >= 0.3 is 0 Å². The van der Waals surface area contributed by atoms with Crippen molar-refractivity contribution in [2.75, 3.05) is 32.6 Å². The monoisotopic (exact) mass is 272 g/mol. The van der Waals surface area contributed by atoms with E-state index >= 15 is 0 Å². The van der Waals surface area contributed by atoms with Crippen LogP contribution in [0.2, 0.25) is 0 Å². The summed E-state index contributed by atoms with van der Waals surface area (Å²) < 4.78 is 0. The van der Waals surface area contributed by atoms with Gasteiger partial charge in [0.15, 0.2) is 5.96 Å². The zero-order valence-electron chi connectivity index (χ0n) is 10.9. The van der Waals surface area contributed by atoms with Gasteiger partial charge in [0.1, 0.15) is 0 Å². The quantitative estimate of drug-likeness (QED) is 0.504. The summed E-state index contributed by atoms with van der Waals surface area (Å²) in [6, 6.07) is 0. The van der Waals surface area contributed by atoms with Crippen LogP contribution >= 0.6 is 23.1 Å². The second-order valence-corrected chi connectivity index (χ2v) is 5.73. The number of aryl methyl sites for hydroxylation is 1. The molecule has 0 spiro atoms. The average molecular weight is 272 g/mol. The molecule has 4 nitrogen and oxygen atoms in total. The van der Waals surface area contributed by atoms with Crippen LogP contribution in [0, 0.1) is 6.92 Å². The molecule has 6 heteroatoms. The molecule has 0 bridgehead atoms. The lowest BCUT2D eigenvalue weighted by Crippen LogP contribution is -2.39. The van der Waals surface area contributed by atoms with Crippen LogP contribution in [0.15, 0.2) is 10.4 Å². The van der Waals surface area contributed by atoms with Gasteiger partial charge in [0.2, 0.25) is 0 Å². The first-order valence-electron chi connectivity index (χ1n) is 5.49. The standard InChI is InChI=1S/C11H20N4S2/c1-9-14-10(8-17-9)7-15(3)11(12-2)13-5-6-16-4/h8H,5-7H2,1-4H3,(H,12,13). The molecule has 0 unspecified atom stereocenters. The molecule has 0 atom stereocenters. The Balaban J connectivity index is 2.46. The normalized spacial score (nSPS) is 11.6. The van der Waals surface area contributed by atoms with Crippen LogP contribution in [-0.2, 0) is 6.54 Å². The maximum absolute atomic E-state index is 4.45. The predicted molar refractivity (Wildman–Crippen MR) is 78.1 cm³/mol. The summed E-state index contributed by atoms with van der Waals surface area (Å²) >= 11 is 3.51. The van der Waals surface area contributed by atoms with E-state index in [1.165, 1.54) is 0 Å². The molecule has 1 heterocycles. The summed E-state index contributed by atoms with van der Waals surface area (Å²) in [6.45, 7) is 3.76. The van der Waals surface area contributed by atoms with Crippen molar-refractivity contribution in [2.45, 2.75) is 13.5 Å². The van der Waals surface area contributed by atoms with Crippen LogP contribution in [-0.4, -0.2) is 48.5 Å². The van der Waals surface area contributed by atoms with E-state index in [0.717, 1.165) is 35.5 Å². The Morgan fingerprint density at radius 1 is 1.65 bits per heavy atom. The number of thioether (sulfide) groups is 1. The fraction of sp³-hybridized carbons (Fsp3) is 0.636. The predicted octanol–water partition coefficient (Wildman–Crippen LogP) is 1.82. The van der Waals surface area contributed by atoms with Gasteiger partial charge in [-0.05, 0) is 13.2 Å². The summed E-state index contributed by atoms with van der Waals surface area (Å²) in [5, 5.41) is 6.54. The van der Waals surface area contributed by atoms with Crippen LogP contribution in [0.5, 0.6) is 0 Å². The minimum Gasteiger partial charge on any atom is -0.355 e. The topological polar surface area (TPSA) is 40.5 Å². The van der Waals surface area contributed by atoms with E-state index in [1.807, 2.05) is 32.8 Å². The number of guanidine groups is 1. The molecule has 0 radical (unpaired) electrons. The molecular weight excluding hydrogens is 252 g/mol. The highest BCUT2D eigenvalue weighted by Gasteiger charge is 2.07. The van der Waals surface area contributed by atoms with E-state index in [4.69, 9.17) is 0 Å². The summed E-state index contributed by atoms with van der Waals surface area (Å²) in [5.74, 6) is 2.01. The van der Waals surface area contributed by atoms with Gasteiger partial charge in [-0.1, -0.05) is 0 Å². The summed E-state index contributed by atoms with van der Waals surface area (Å²) in [7, 11) is 3.84. The molecule has 17 heavy (non-hydrogen) atoms. The van der Waals surface area contributed by atoms with Gasteiger partial charge in [-0.25, -0.2) is 4.98 Å². The van der Waals surface area contributed by atoms with E-state index in [-0.39, 0.29) is 0 Å². The zero-order chi connectivity index (χ0) is 12.7. The van der Waals surface area contributed by atoms with Gasteiger partial charge in [0.05, 0.1) is 17.2 Å². The van der Waals surface area contributed by atoms with Crippen molar-refractivity contribution in [3.05, 3.63) is 16.1 Å². The minimum atomic E-state index is 0.795. The lowest BCUT2D eigenvalue weighted by molar-refractivity contribution is 0.473. The van der Waals surface area contributed by atoms with Gasteiger partial charge in [-0.15, -0.1) is 11.3 Å². The second kappa shape index (κ2) is 7.55. The first-order chi connectivity index (χ1) is 8.17. The molecule has 0 fully saturated rings. The fourth-order valence-electron chi connectivity index (χ4n) is 1.45. The van der Waals surface area contributed by atoms with Crippen molar-refractivity contribution in [3.63, 3.8) is 0 Å². The molecule has 0 aliphatic heterocycles. The Morgan fingerprint density at radius 2 is 2.41 bits per heavy atom. The molecule has 1 N–H and O–H groups in total. The van der Waals surface area contributed by atoms with Gasteiger partial charge in [0, 0.05) is 31.8 Å². The molecule has 0 aliphatic carbocycles. The van der Waals surface area contributed by atoms with Gasteiger partial charge in [-0.3, -0.25) is 4.99 Å². The maximum Gasteiger partial charge on any atom is 0.193 e. The van der Waals surface area contributed by atoms with Gasteiger partial charge < -0.3 is 10.2 Å². The average Bonchev–Trinajstić information content (AvgIpc) is 2.70. The molecule has 1 rings (SSSR count). The van der Waals surface area contributed by atoms with E-state index in [2.05, 4.69) is 31.8 Å². The van der Waals surface area contributed by atoms with Crippen LogP contribution in [0.1, 0.15) is 10.7 Å². The van der Waals surface area contributed by atoms with E-state index in [9.17, 15) is 0 Å². The third kappa shape index (κ3) is 4.95. The van der Waals surface area contributed by atoms with Crippen molar-refractivity contribution in [3.8, 4) is 0 Å². The maximum atomic E-state index is 4.45. The minimum absolute atomic E-state index is 0.795. The SMILES string of the molecule is CN=C(NCCSC)N(C)Cc1csc(C)n1. The number of nitrogens with one attached hydrogen (secondary N) is 1. The largest absolute Gasteiger partial charge is 0.355 e. The molecule has 1 aromatic heterocycles. The highest BCUT2D eigenvalue weighted by molar-refractivity contribution is 7.98. The number of hydrogen-bond acceptors (Lipinski definition) is 4. The summed E-state index contributed by atoms with van der Waals surface area (Å²) in [5.41, 5.74) is 1.10. The van der Waals surface area contributed by atoms with Crippen LogP contribution in [0.25, 0.3) is 0 Å². The zero-order valence-corrected chi connectivity index (χ0v) is 12.5. The lowest BCUT2D eigenvalue weighted by atomic mass is 10.4. The van der Waals surface area contributed by atoms with Gasteiger partial charge in [0.25, 0.3) is 0 Å². The Hall–Kier alpha value is -0.750. The van der Waals surface area contributed by atoms with Crippen molar-refractivity contribution in [2.24, 2.45) is 4.99 Å². The van der Waals surface area contributed by atoms with Crippen LogP contribution < -0.4 is 5.32 Å². The number of rotatable bonds is 5. The van der Waals surface area contributed by atoms with Crippen LogP contribution in [0.4, 0.5) is 0 Å². The van der Waals surface area contributed by atoms with Crippen LogP contribution in [0.3, 0.4) is 0 Å². The number of nitrogens with zero attached hydrogens (tertiary/aromatic N) is 3. The van der Waals surface area contributed by atoms with Crippen molar-refractivity contribution >= 4 is 29.1 Å². The Labute approximate surface area is 112 Å². The number of thiazole rings is 1. The Kier molecular flexibility index (Phi) is 6.36. The lowest BCUT2D eigenvalue weighted by Gasteiger charge is -2.20. The number of aliphatic imine (C=N–C) groups is 1.